The van der Waals surface area contributed by atoms with E-state index in [1.807, 2.05) is 66.9 Å². The maximum Gasteiger partial charge on any atom is 0.266 e. The van der Waals surface area contributed by atoms with Crippen LogP contribution in [0.15, 0.2) is 72.1 Å². The Kier molecular flexibility index (Phi) is 4.03. The summed E-state index contributed by atoms with van der Waals surface area (Å²) >= 11 is 1.57. The molecule has 28 heavy (non-hydrogen) atoms. The van der Waals surface area contributed by atoms with E-state index in [1.165, 1.54) is 4.90 Å². The Balaban J connectivity index is 1.56. The van der Waals surface area contributed by atoms with Crippen molar-refractivity contribution < 1.29 is 14.4 Å². The van der Waals surface area contributed by atoms with Gasteiger partial charge in [-0.2, -0.15) is 0 Å². The molecular weight excluding hydrogens is 372 g/mol. The number of para-hydroxylation sites is 1. The van der Waals surface area contributed by atoms with Crippen LogP contribution in [0.3, 0.4) is 0 Å². The van der Waals surface area contributed by atoms with Crippen LogP contribution in [-0.2, 0) is 14.4 Å². The van der Waals surface area contributed by atoms with E-state index >= 15 is 0 Å². The summed E-state index contributed by atoms with van der Waals surface area (Å²) in [6.07, 6.45) is -0.818. The zero-order valence-corrected chi connectivity index (χ0v) is 16.0. The molecule has 0 spiro atoms. The highest BCUT2D eigenvalue weighted by molar-refractivity contribution is 7.10. The van der Waals surface area contributed by atoms with Gasteiger partial charge < -0.3 is 0 Å². The number of rotatable bonds is 3. The fourth-order valence-electron chi connectivity index (χ4n) is 3.91. The van der Waals surface area contributed by atoms with Gasteiger partial charge in [0.1, 0.15) is 12.0 Å². The van der Waals surface area contributed by atoms with E-state index in [-0.39, 0.29) is 17.9 Å². The lowest BCUT2D eigenvalue weighted by Crippen LogP contribution is -2.37. The minimum absolute atomic E-state index is 0.212. The zero-order chi connectivity index (χ0) is 19.3. The molecule has 1 aromatic heterocycles. The number of carbonyl (C=O) groups is 2. The highest BCUT2D eigenvalue weighted by Crippen LogP contribution is 2.48. The van der Waals surface area contributed by atoms with Crippen LogP contribution in [0.5, 0.6) is 0 Å². The summed E-state index contributed by atoms with van der Waals surface area (Å²) in [7, 11) is 0. The Hall–Kier alpha value is -2.96. The van der Waals surface area contributed by atoms with E-state index in [9.17, 15) is 9.59 Å². The van der Waals surface area contributed by atoms with Crippen molar-refractivity contribution >= 4 is 34.5 Å². The van der Waals surface area contributed by atoms with Crippen LogP contribution in [0.2, 0.25) is 0 Å². The van der Waals surface area contributed by atoms with Gasteiger partial charge in [0, 0.05) is 4.88 Å². The van der Waals surface area contributed by atoms with Crippen molar-refractivity contribution in [1.82, 2.24) is 0 Å². The summed E-state index contributed by atoms with van der Waals surface area (Å²) in [5.74, 6) is -1.10. The fourth-order valence-corrected chi connectivity index (χ4v) is 4.76. The smallest absolute Gasteiger partial charge is 0.266 e. The molecule has 3 heterocycles. The lowest BCUT2D eigenvalue weighted by molar-refractivity contribution is -0.126. The zero-order valence-electron chi connectivity index (χ0n) is 15.2. The third-order valence-electron chi connectivity index (χ3n) is 5.25. The van der Waals surface area contributed by atoms with E-state index in [2.05, 4.69) is 0 Å². The van der Waals surface area contributed by atoms with Crippen LogP contribution in [0.1, 0.15) is 16.5 Å². The van der Waals surface area contributed by atoms with Gasteiger partial charge in [-0.3, -0.25) is 14.4 Å². The van der Waals surface area contributed by atoms with Crippen molar-refractivity contribution in [3.8, 4) is 0 Å². The number of benzene rings is 2. The number of hydroxylamine groups is 1. The molecule has 2 aromatic carbocycles. The second kappa shape index (κ2) is 6.58. The highest BCUT2D eigenvalue weighted by atomic mass is 32.1. The van der Waals surface area contributed by atoms with E-state index in [4.69, 9.17) is 4.84 Å². The van der Waals surface area contributed by atoms with Gasteiger partial charge in [0.25, 0.3) is 5.91 Å². The quantitative estimate of drug-likeness (QED) is 0.632. The van der Waals surface area contributed by atoms with E-state index < -0.39 is 12.0 Å². The number of hydrogen-bond acceptors (Lipinski definition) is 5. The van der Waals surface area contributed by atoms with E-state index in [0.717, 1.165) is 16.1 Å². The molecule has 3 aromatic rings. The molecule has 2 fully saturated rings. The molecular formula is C22H18N2O3S. The number of aryl methyl sites for hydroxylation is 1. The standard InChI is InChI=1S/C22H18N2O3S/c1-14-9-11-15(12-10-14)23-21(25)18-19(17-8-5-13-28-17)24(27-20(18)22(23)26)16-6-3-2-4-7-16/h2-13,18-20H,1H3/t18-,19-,20+/m1/s1. The second-order valence-corrected chi connectivity index (χ2v) is 8.00. The normalized spacial score (nSPS) is 24.1. The van der Waals surface area contributed by atoms with Crippen LogP contribution in [0.25, 0.3) is 0 Å². The Morgan fingerprint density at radius 3 is 2.29 bits per heavy atom. The van der Waals surface area contributed by atoms with Gasteiger partial charge in [0.05, 0.1) is 11.4 Å². The van der Waals surface area contributed by atoms with Gasteiger partial charge in [-0.05, 0) is 42.6 Å². The van der Waals surface area contributed by atoms with Gasteiger partial charge >= 0.3 is 0 Å². The lowest BCUT2D eigenvalue weighted by Gasteiger charge is -2.27. The average molecular weight is 390 g/mol. The molecule has 0 aliphatic carbocycles. The number of fused-ring (bicyclic) bond motifs is 1. The van der Waals surface area contributed by atoms with Crippen LogP contribution >= 0.6 is 11.3 Å². The third-order valence-corrected chi connectivity index (χ3v) is 6.20. The van der Waals surface area contributed by atoms with Gasteiger partial charge in [-0.15, -0.1) is 11.3 Å². The summed E-state index contributed by atoms with van der Waals surface area (Å²) < 4.78 is 0. The summed E-state index contributed by atoms with van der Waals surface area (Å²) in [4.78, 5) is 34.9. The van der Waals surface area contributed by atoms with Gasteiger partial charge in [0.15, 0.2) is 6.10 Å². The Morgan fingerprint density at radius 1 is 0.857 bits per heavy atom. The summed E-state index contributed by atoms with van der Waals surface area (Å²) in [5, 5.41) is 3.70. The Labute approximate surface area is 166 Å². The van der Waals surface area contributed by atoms with Crippen molar-refractivity contribution in [3.63, 3.8) is 0 Å². The van der Waals surface area contributed by atoms with Crippen molar-refractivity contribution in [2.75, 3.05) is 9.96 Å². The number of amides is 2. The molecule has 0 bridgehead atoms. The van der Waals surface area contributed by atoms with Crippen molar-refractivity contribution in [3.05, 3.63) is 82.6 Å². The predicted molar refractivity (Wildman–Crippen MR) is 108 cm³/mol. The molecule has 2 aliphatic rings. The van der Waals surface area contributed by atoms with Crippen LogP contribution in [0.4, 0.5) is 11.4 Å². The maximum atomic E-state index is 13.4. The summed E-state index contributed by atoms with van der Waals surface area (Å²) in [5.41, 5.74) is 2.50. The minimum Gasteiger partial charge on any atom is -0.273 e. The number of carbonyl (C=O) groups excluding carboxylic acids is 2. The minimum atomic E-state index is -0.818. The van der Waals surface area contributed by atoms with E-state index in [0.29, 0.717) is 5.69 Å². The first-order chi connectivity index (χ1) is 13.6. The van der Waals surface area contributed by atoms with Crippen molar-refractivity contribution in [2.45, 2.75) is 19.1 Å². The van der Waals surface area contributed by atoms with Crippen LogP contribution in [0, 0.1) is 12.8 Å². The molecule has 5 rings (SSSR count). The molecule has 2 amide bonds. The SMILES string of the molecule is Cc1ccc(N2C(=O)[C@H]3[C@H](ON(c4ccccc4)[C@@H]3c3cccs3)C2=O)cc1. The highest BCUT2D eigenvalue weighted by Gasteiger charge is 2.60. The van der Waals surface area contributed by atoms with Crippen LogP contribution in [-0.4, -0.2) is 17.9 Å². The second-order valence-electron chi connectivity index (χ2n) is 7.02. The first-order valence-electron chi connectivity index (χ1n) is 9.14. The first-order valence-corrected chi connectivity index (χ1v) is 10.0. The van der Waals surface area contributed by atoms with Gasteiger partial charge in [-0.1, -0.05) is 42.0 Å². The predicted octanol–water partition coefficient (Wildman–Crippen LogP) is 4.11. The van der Waals surface area contributed by atoms with E-state index in [1.54, 1.807) is 28.5 Å². The first kappa shape index (κ1) is 17.2. The van der Waals surface area contributed by atoms with Crippen molar-refractivity contribution in [2.24, 2.45) is 5.92 Å². The molecule has 2 aliphatic heterocycles. The maximum absolute atomic E-state index is 13.4. The molecule has 0 N–H and O–H groups in total. The molecule has 2 saturated heterocycles. The summed E-state index contributed by atoms with van der Waals surface area (Å²) in [6.45, 7) is 1.97. The fraction of sp³-hybridized carbons (Fsp3) is 0.182. The Morgan fingerprint density at radius 2 is 1.61 bits per heavy atom. The monoisotopic (exact) mass is 390 g/mol. The topological polar surface area (TPSA) is 49.9 Å². The number of nitrogens with zero attached hydrogens (tertiary/aromatic N) is 2. The molecule has 0 radical (unpaired) electrons. The lowest BCUT2D eigenvalue weighted by atomic mass is 9.95. The molecule has 0 unspecified atom stereocenters. The summed E-state index contributed by atoms with van der Waals surface area (Å²) in [6, 6.07) is 20.6. The van der Waals surface area contributed by atoms with Crippen molar-refractivity contribution in [1.29, 1.82) is 0 Å². The number of imide groups is 1. The molecule has 3 atom stereocenters. The molecule has 140 valence electrons. The number of anilines is 2. The number of hydrogen-bond donors (Lipinski definition) is 0. The molecule has 5 nitrogen and oxygen atoms in total. The molecule has 0 saturated carbocycles. The van der Waals surface area contributed by atoms with Gasteiger partial charge in [-0.25, -0.2) is 9.96 Å². The molecule has 6 heteroatoms. The average Bonchev–Trinajstić information content (AvgIpc) is 3.42. The largest absolute Gasteiger partial charge is 0.273 e. The number of thiophene rings is 1. The van der Waals surface area contributed by atoms with Crippen LogP contribution < -0.4 is 9.96 Å². The van der Waals surface area contributed by atoms with Gasteiger partial charge in [0.2, 0.25) is 5.91 Å². The Bertz CT molecular complexity index is 1020. The third kappa shape index (κ3) is 2.57.